The normalized spacial score (nSPS) is 11.2. The van der Waals surface area contributed by atoms with Crippen LogP contribution in [0.4, 0.5) is 0 Å². The van der Waals surface area contributed by atoms with Crippen molar-refractivity contribution in [2.45, 2.75) is 26.4 Å². The first-order chi connectivity index (χ1) is 5.49. The van der Waals surface area contributed by atoms with Crippen molar-refractivity contribution < 1.29 is 9.53 Å². The molecule has 0 bridgehead atoms. The third-order valence-electron chi connectivity index (χ3n) is 0.969. The molecule has 0 amide bonds. The monoisotopic (exact) mass is 186 g/mol. The van der Waals surface area contributed by atoms with Gasteiger partial charge in [-0.2, -0.15) is 8.75 Å². The van der Waals surface area contributed by atoms with Gasteiger partial charge in [0, 0.05) is 0 Å². The lowest BCUT2D eigenvalue weighted by atomic mass is 10.2. The van der Waals surface area contributed by atoms with Crippen molar-refractivity contribution in [2.75, 3.05) is 0 Å². The highest BCUT2D eigenvalue weighted by Crippen LogP contribution is 2.10. The van der Waals surface area contributed by atoms with Crippen LogP contribution in [-0.4, -0.2) is 20.3 Å². The summed E-state index contributed by atoms with van der Waals surface area (Å²) in [5, 5.41) is 0. The molecule has 0 N–H and O–H groups in total. The van der Waals surface area contributed by atoms with Crippen molar-refractivity contribution in [3.63, 3.8) is 0 Å². The Kier molecular flexibility index (Phi) is 2.42. The quantitative estimate of drug-likeness (QED) is 0.623. The van der Waals surface area contributed by atoms with Crippen molar-refractivity contribution in [3.05, 3.63) is 11.9 Å². The van der Waals surface area contributed by atoms with Gasteiger partial charge in [0.2, 0.25) is 0 Å². The molecule has 0 aliphatic heterocycles. The van der Waals surface area contributed by atoms with E-state index in [4.69, 9.17) is 4.74 Å². The number of nitrogens with zero attached hydrogens (tertiary/aromatic N) is 2. The maximum absolute atomic E-state index is 11.2. The van der Waals surface area contributed by atoms with Gasteiger partial charge in [-0.1, -0.05) is 0 Å². The summed E-state index contributed by atoms with van der Waals surface area (Å²) in [4.78, 5) is 11.2. The lowest BCUT2D eigenvalue weighted by Gasteiger charge is -2.18. The molecular formula is C7H10N2O2S. The summed E-state index contributed by atoms with van der Waals surface area (Å²) < 4.78 is 12.5. The second kappa shape index (κ2) is 3.18. The largest absolute Gasteiger partial charge is 0.455 e. The zero-order valence-corrected chi connectivity index (χ0v) is 8.01. The zero-order valence-electron chi connectivity index (χ0n) is 7.20. The van der Waals surface area contributed by atoms with Gasteiger partial charge in [0.05, 0.1) is 17.9 Å². The van der Waals surface area contributed by atoms with Gasteiger partial charge in [-0.3, -0.25) is 0 Å². The van der Waals surface area contributed by atoms with Gasteiger partial charge >= 0.3 is 5.97 Å². The third-order valence-corrected chi connectivity index (χ3v) is 1.45. The highest BCUT2D eigenvalue weighted by molar-refractivity contribution is 6.99. The summed E-state index contributed by atoms with van der Waals surface area (Å²) in [6.45, 7) is 5.43. The lowest BCUT2D eigenvalue weighted by molar-refractivity contribution is 0.00640. The minimum absolute atomic E-state index is 0.273. The number of hydrogen-bond donors (Lipinski definition) is 0. The highest BCUT2D eigenvalue weighted by Gasteiger charge is 2.19. The standard InChI is InChI=1S/C7H10N2O2S/c1-7(2,3)11-6(10)5-4-8-12-9-5/h4H,1-3H3. The fourth-order valence-electron chi connectivity index (χ4n) is 0.585. The third kappa shape index (κ3) is 2.58. The van der Waals surface area contributed by atoms with Crippen LogP contribution in [0.1, 0.15) is 31.3 Å². The summed E-state index contributed by atoms with van der Waals surface area (Å²) in [5.41, 5.74) is -0.198. The van der Waals surface area contributed by atoms with Crippen molar-refractivity contribution in [1.82, 2.24) is 8.75 Å². The van der Waals surface area contributed by atoms with Gasteiger partial charge < -0.3 is 4.74 Å². The van der Waals surface area contributed by atoms with Crippen LogP contribution in [-0.2, 0) is 4.74 Å². The Bertz CT molecular complexity index is 263. The van der Waals surface area contributed by atoms with Crippen LogP contribution in [0.25, 0.3) is 0 Å². The number of carbonyl (C=O) groups excluding carboxylic acids is 1. The Morgan fingerprint density at radius 1 is 1.58 bits per heavy atom. The number of carbonyl (C=O) groups is 1. The van der Waals surface area contributed by atoms with Gasteiger partial charge in [0.1, 0.15) is 5.60 Å². The number of rotatable bonds is 1. The molecule has 0 spiro atoms. The first kappa shape index (κ1) is 9.12. The molecule has 0 unspecified atom stereocenters. The molecule has 1 heterocycles. The van der Waals surface area contributed by atoms with E-state index in [1.54, 1.807) is 0 Å². The molecule has 1 aromatic heterocycles. The Morgan fingerprint density at radius 2 is 2.25 bits per heavy atom. The summed E-state index contributed by atoms with van der Waals surface area (Å²) >= 11 is 0.993. The van der Waals surface area contributed by atoms with Crippen molar-refractivity contribution in [2.24, 2.45) is 0 Å². The molecule has 0 aliphatic carbocycles. The van der Waals surface area contributed by atoms with Crippen LogP contribution in [0, 0.1) is 0 Å². The van der Waals surface area contributed by atoms with E-state index in [1.165, 1.54) is 6.20 Å². The molecule has 1 aromatic rings. The Hall–Kier alpha value is -0.970. The molecule has 5 heteroatoms. The van der Waals surface area contributed by atoms with E-state index in [-0.39, 0.29) is 5.69 Å². The van der Waals surface area contributed by atoms with Crippen molar-refractivity contribution in [1.29, 1.82) is 0 Å². The molecule has 0 aliphatic rings. The minimum Gasteiger partial charge on any atom is -0.455 e. The molecule has 12 heavy (non-hydrogen) atoms. The summed E-state index contributed by atoms with van der Waals surface area (Å²) in [6, 6.07) is 0. The smallest absolute Gasteiger partial charge is 0.360 e. The molecule has 0 saturated heterocycles. The predicted molar refractivity (Wildman–Crippen MR) is 45.1 cm³/mol. The lowest BCUT2D eigenvalue weighted by Crippen LogP contribution is -2.23. The molecule has 66 valence electrons. The maximum Gasteiger partial charge on any atom is 0.360 e. The first-order valence-corrected chi connectivity index (χ1v) is 4.23. The van der Waals surface area contributed by atoms with Crippen LogP contribution >= 0.6 is 11.7 Å². The molecule has 1 rings (SSSR count). The average Bonchev–Trinajstić information content (AvgIpc) is 2.32. The first-order valence-electron chi connectivity index (χ1n) is 3.50. The number of ether oxygens (including phenoxy) is 1. The van der Waals surface area contributed by atoms with E-state index in [9.17, 15) is 4.79 Å². The van der Waals surface area contributed by atoms with Crippen LogP contribution in [0.2, 0.25) is 0 Å². The summed E-state index contributed by atoms with van der Waals surface area (Å²) in [6.07, 6.45) is 1.40. The maximum atomic E-state index is 11.2. The van der Waals surface area contributed by atoms with E-state index in [2.05, 4.69) is 8.75 Å². The minimum atomic E-state index is -0.472. The molecule has 0 aromatic carbocycles. The predicted octanol–water partition coefficient (Wildman–Crippen LogP) is 1.49. The fourth-order valence-corrected chi connectivity index (χ4v) is 0.989. The van der Waals surface area contributed by atoms with Gasteiger partial charge in [-0.05, 0) is 20.8 Å². The van der Waals surface area contributed by atoms with Crippen LogP contribution in [0.5, 0.6) is 0 Å². The number of hydrogen-bond acceptors (Lipinski definition) is 5. The van der Waals surface area contributed by atoms with Gasteiger partial charge in [0.15, 0.2) is 5.69 Å². The molecule has 0 fully saturated rings. The van der Waals surface area contributed by atoms with E-state index < -0.39 is 11.6 Å². The summed E-state index contributed by atoms with van der Waals surface area (Å²) in [5.74, 6) is -0.420. The summed E-state index contributed by atoms with van der Waals surface area (Å²) in [7, 11) is 0. The Labute approximate surface area is 74.9 Å². The van der Waals surface area contributed by atoms with E-state index in [1.807, 2.05) is 20.8 Å². The van der Waals surface area contributed by atoms with Crippen LogP contribution < -0.4 is 0 Å². The molecule has 0 radical (unpaired) electrons. The average molecular weight is 186 g/mol. The van der Waals surface area contributed by atoms with Gasteiger partial charge in [-0.15, -0.1) is 0 Å². The molecule has 0 atom stereocenters. The fraction of sp³-hybridized carbons (Fsp3) is 0.571. The number of aromatic nitrogens is 2. The molecule has 0 saturated carbocycles. The SMILES string of the molecule is CC(C)(C)OC(=O)c1cnsn1. The van der Waals surface area contributed by atoms with Crippen LogP contribution in [0.15, 0.2) is 6.20 Å². The Balaban J connectivity index is 2.63. The van der Waals surface area contributed by atoms with E-state index in [0.29, 0.717) is 0 Å². The van der Waals surface area contributed by atoms with E-state index >= 15 is 0 Å². The van der Waals surface area contributed by atoms with Crippen molar-refractivity contribution >= 4 is 17.7 Å². The second-order valence-corrected chi connectivity index (χ2v) is 3.85. The van der Waals surface area contributed by atoms with Gasteiger partial charge in [0.25, 0.3) is 0 Å². The van der Waals surface area contributed by atoms with Gasteiger partial charge in [-0.25, -0.2) is 4.79 Å². The second-order valence-electron chi connectivity index (χ2n) is 3.29. The zero-order chi connectivity index (χ0) is 9.19. The topological polar surface area (TPSA) is 52.1 Å². The molecular weight excluding hydrogens is 176 g/mol. The van der Waals surface area contributed by atoms with Crippen molar-refractivity contribution in [3.8, 4) is 0 Å². The molecule has 4 nitrogen and oxygen atoms in total. The van der Waals surface area contributed by atoms with E-state index in [0.717, 1.165) is 11.7 Å². The highest BCUT2D eigenvalue weighted by atomic mass is 32.1. The van der Waals surface area contributed by atoms with Crippen LogP contribution in [0.3, 0.4) is 0 Å². The number of esters is 1. The Morgan fingerprint density at radius 3 is 2.67 bits per heavy atom.